The Kier molecular flexibility index (Phi) is 9.12. The van der Waals surface area contributed by atoms with E-state index in [1.807, 2.05) is 0 Å². The number of carbonyl (C=O) groups excluding carboxylic acids is 1. The van der Waals surface area contributed by atoms with Crippen molar-refractivity contribution >= 4 is 15.9 Å². The summed E-state index contributed by atoms with van der Waals surface area (Å²) in [5.41, 5.74) is 0. The lowest BCUT2D eigenvalue weighted by molar-refractivity contribution is -0.146. The van der Waals surface area contributed by atoms with Gasteiger partial charge in [-0.15, -0.1) is 0 Å². The van der Waals surface area contributed by atoms with Crippen LogP contribution in [0.15, 0.2) is 29.2 Å². The number of rotatable bonds is 7. The minimum absolute atomic E-state index is 0.0241. The van der Waals surface area contributed by atoms with Crippen molar-refractivity contribution in [1.29, 1.82) is 0 Å². The summed E-state index contributed by atoms with van der Waals surface area (Å²) in [5, 5.41) is 13.3. The molecule has 4 atom stereocenters. The first kappa shape index (κ1) is 26.4. The third-order valence-corrected chi connectivity index (χ3v) is 8.87. The lowest BCUT2D eigenvalue weighted by atomic mass is 9.96. The first-order valence-corrected chi connectivity index (χ1v) is 13.9. The molecule has 3 aliphatic rings. The van der Waals surface area contributed by atoms with Crippen molar-refractivity contribution in [2.45, 2.75) is 67.8 Å². The number of amides is 1. The third-order valence-electron chi connectivity index (χ3n) is 6.97. The van der Waals surface area contributed by atoms with Crippen LogP contribution in [-0.2, 0) is 24.3 Å². The molecule has 3 fully saturated rings. The topological polar surface area (TPSA) is 108 Å². The Morgan fingerprint density at radius 3 is 2.60 bits per heavy atom. The second kappa shape index (κ2) is 12.1. The third kappa shape index (κ3) is 6.99. The SMILES string of the molecule is O=C(C[C@@H]1CC[C@@H]2[C@H](COC[C@H](O)CN2S(=O)(=O)c2ccc(F)cc2)O1)NCCN1CCCCC1. The van der Waals surface area contributed by atoms with E-state index in [2.05, 4.69) is 10.2 Å². The van der Waals surface area contributed by atoms with E-state index in [0.717, 1.165) is 31.8 Å². The lowest BCUT2D eigenvalue weighted by Crippen LogP contribution is -2.57. The highest BCUT2D eigenvalue weighted by Crippen LogP contribution is 2.31. The fourth-order valence-electron chi connectivity index (χ4n) is 5.13. The predicted molar refractivity (Wildman–Crippen MR) is 127 cm³/mol. The summed E-state index contributed by atoms with van der Waals surface area (Å²) in [5.74, 6) is -0.607. The minimum Gasteiger partial charge on any atom is -0.389 e. The fraction of sp³-hybridized carbons (Fsp3) is 0.708. The van der Waals surface area contributed by atoms with Gasteiger partial charge in [-0.25, -0.2) is 12.8 Å². The van der Waals surface area contributed by atoms with Gasteiger partial charge in [0.15, 0.2) is 0 Å². The molecule has 2 N–H and O–H groups in total. The number of β-amino-alcohol motifs (C(OH)–C–C–N with tert-alkyl or cyclic N) is 1. The van der Waals surface area contributed by atoms with Gasteiger partial charge in [0.2, 0.25) is 15.9 Å². The quantitative estimate of drug-likeness (QED) is 0.563. The van der Waals surface area contributed by atoms with Crippen molar-refractivity contribution < 1.29 is 32.2 Å². The summed E-state index contributed by atoms with van der Waals surface area (Å²) in [4.78, 5) is 14.8. The Morgan fingerprint density at radius 1 is 1.11 bits per heavy atom. The van der Waals surface area contributed by atoms with Crippen molar-refractivity contribution in [1.82, 2.24) is 14.5 Å². The Bertz CT molecular complexity index is 941. The number of ether oxygens (including phenoxy) is 2. The smallest absolute Gasteiger partial charge is 0.243 e. The zero-order valence-electron chi connectivity index (χ0n) is 20.0. The summed E-state index contributed by atoms with van der Waals surface area (Å²) in [6, 6.07) is 4.10. The van der Waals surface area contributed by atoms with Gasteiger partial charge < -0.3 is 24.8 Å². The van der Waals surface area contributed by atoms with Gasteiger partial charge in [0.1, 0.15) is 5.82 Å². The summed E-state index contributed by atoms with van der Waals surface area (Å²) in [6.07, 6.45) is 2.96. The Balaban J connectivity index is 1.36. The number of nitrogens with zero attached hydrogens (tertiary/aromatic N) is 2. The van der Waals surface area contributed by atoms with Gasteiger partial charge in [-0.3, -0.25) is 4.79 Å². The van der Waals surface area contributed by atoms with E-state index in [9.17, 15) is 22.7 Å². The van der Waals surface area contributed by atoms with Crippen LogP contribution in [0.25, 0.3) is 0 Å². The van der Waals surface area contributed by atoms with Gasteiger partial charge in [-0.2, -0.15) is 4.31 Å². The Labute approximate surface area is 206 Å². The molecule has 0 spiro atoms. The van der Waals surface area contributed by atoms with Crippen LogP contribution in [0.5, 0.6) is 0 Å². The molecule has 0 radical (unpaired) electrons. The number of hydrogen-bond donors (Lipinski definition) is 2. The molecule has 9 nitrogen and oxygen atoms in total. The van der Waals surface area contributed by atoms with Gasteiger partial charge in [0.25, 0.3) is 0 Å². The fourth-order valence-corrected chi connectivity index (χ4v) is 6.85. The van der Waals surface area contributed by atoms with Crippen molar-refractivity contribution in [3.05, 3.63) is 30.1 Å². The molecular formula is C24H36FN3O6S. The molecule has 1 aromatic carbocycles. The van der Waals surface area contributed by atoms with Gasteiger partial charge in [0.05, 0.1) is 48.9 Å². The van der Waals surface area contributed by atoms with Gasteiger partial charge >= 0.3 is 0 Å². The van der Waals surface area contributed by atoms with E-state index in [1.54, 1.807) is 0 Å². The van der Waals surface area contributed by atoms with E-state index in [0.29, 0.717) is 19.4 Å². The normalized spacial score (nSPS) is 29.1. The van der Waals surface area contributed by atoms with Crippen LogP contribution in [0.3, 0.4) is 0 Å². The number of fused-ring (bicyclic) bond motifs is 1. The number of benzene rings is 1. The van der Waals surface area contributed by atoms with Crippen LogP contribution >= 0.6 is 0 Å². The second-order valence-electron chi connectivity index (χ2n) is 9.62. The van der Waals surface area contributed by atoms with Crippen LogP contribution in [0, 0.1) is 5.82 Å². The van der Waals surface area contributed by atoms with Gasteiger partial charge in [-0.05, 0) is 63.0 Å². The molecule has 3 heterocycles. The molecule has 3 aliphatic heterocycles. The predicted octanol–water partition coefficient (Wildman–Crippen LogP) is 1.12. The van der Waals surface area contributed by atoms with Crippen LogP contribution in [-0.4, -0.2) is 98.9 Å². The van der Waals surface area contributed by atoms with Crippen LogP contribution < -0.4 is 5.32 Å². The van der Waals surface area contributed by atoms with Gasteiger partial charge in [-0.1, -0.05) is 6.42 Å². The summed E-state index contributed by atoms with van der Waals surface area (Å²) >= 11 is 0. The first-order valence-electron chi connectivity index (χ1n) is 12.5. The largest absolute Gasteiger partial charge is 0.389 e. The van der Waals surface area contributed by atoms with Crippen LogP contribution in [0.1, 0.15) is 38.5 Å². The van der Waals surface area contributed by atoms with Crippen LogP contribution in [0.2, 0.25) is 0 Å². The average Bonchev–Trinajstić information content (AvgIpc) is 2.83. The van der Waals surface area contributed by atoms with E-state index >= 15 is 0 Å². The number of aliphatic hydroxyl groups is 1. The summed E-state index contributed by atoms with van der Waals surface area (Å²) < 4.78 is 53.2. The van der Waals surface area contributed by atoms with Crippen molar-refractivity contribution in [2.24, 2.45) is 0 Å². The summed E-state index contributed by atoms with van der Waals surface area (Å²) in [6.45, 7) is 3.55. The molecule has 0 unspecified atom stereocenters. The Morgan fingerprint density at radius 2 is 1.86 bits per heavy atom. The average molecular weight is 514 g/mol. The molecule has 0 aliphatic carbocycles. The summed E-state index contributed by atoms with van der Waals surface area (Å²) in [7, 11) is -4.00. The standard InChI is InChI=1S/C24H36FN3O6S/c25-18-4-7-21(8-5-18)35(31,32)28-15-19(29)16-33-17-23-22(28)9-6-20(34-23)14-24(30)26-10-13-27-11-2-1-3-12-27/h4-5,7-8,19-20,22-23,29H,1-3,6,9-17H2,(H,26,30)/t19-,20+,22-,23+/m1/s1. The van der Waals surface area contributed by atoms with Crippen molar-refractivity contribution in [3.63, 3.8) is 0 Å². The number of carbonyl (C=O) groups is 1. The molecule has 0 saturated carbocycles. The van der Waals surface area contributed by atoms with Crippen molar-refractivity contribution in [3.8, 4) is 0 Å². The maximum Gasteiger partial charge on any atom is 0.243 e. The number of sulfonamides is 1. The number of halogens is 1. The molecule has 0 aromatic heterocycles. The molecule has 1 amide bonds. The molecule has 196 valence electrons. The molecule has 3 saturated heterocycles. The molecular weight excluding hydrogens is 477 g/mol. The number of hydrogen-bond acceptors (Lipinski definition) is 7. The Hall–Kier alpha value is -1.63. The number of likely N-dealkylation sites (tertiary alicyclic amines) is 1. The first-order chi connectivity index (χ1) is 16.8. The van der Waals surface area contributed by atoms with Crippen LogP contribution in [0.4, 0.5) is 4.39 Å². The number of aliphatic hydroxyl groups excluding tert-OH is 1. The molecule has 11 heteroatoms. The number of nitrogens with one attached hydrogen (secondary N) is 1. The van der Waals surface area contributed by atoms with E-state index in [4.69, 9.17) is 9.47 Å². The molecule has 35 heavy (non-hydrogen) atoms. The van der Waals surface area contributed by atoms with Crippen molar-refractivity contribution in [2.75, 3.05) is 45.9 Å². The zero-order valence-corrected chi connectivity index (χ0v) is 20.8. The highest BCUT2D eigenvalue weighted by Gasteiger charge is 2.43. The molecule has 4 rings (SSSR count). The molecule has 0 bridgehead atoms. The lowest BCUT2D eigenvalue weighted by Gasteiger charge is -2.43. The maximum atomic E-state index is 13.4. The number of piperidine rings is 1. The van der Waals surface area contributed by atoms with E-state index in [1.165, 1.54) is 35.7 Å². The zero-order chi connectivity index (χ0) is 24.8. The minimum atomic E-state index is -4.00. The highest BCUT2D eigenvalue weighted by atomic mass is 32.2. The van der Waals surface area contributed by atoms with Gasteiger partial charge in [0, 0.05) is 19.6 Å². The van der Waals surface area contributed by atoms with E-state index in [-0.39, 0.29) is 43.1 Å². The van der Waals surface area contributed by atoms with E-state index < -0.39 is 34.1 Å². The second-order valence-corrected chi connectivity index (χ2v) is 11.5. The molecule has 1 aromatic rings. The highest BCUT2D eigenvalue weighted by molar-refractivity contribution is 7.89. The maximum absolute atomic E-state index is 13.4. The monoisotopic (exact) mass is 513 g/mol.